The first-order valence-electron chi connectivity index (χ1n) is 6.56. The van der Waals surface area contributed by atoms with Gasteiger partial charge in [-0.15, -0.1) is 0 Å². The topological polar surface area (TPSA) is 42.2 Å². The molecule has 0 amide bonds. The molecule has 4 nitrogen and oxygen atoms in total. The molecule has 1 saturated heterocycles. The fourth-order valence-corrected chi connectivity index (χ4v) is 3.32. The third-order valence-electron chi connectivity index (χ3n) is 3.45. The molecule has 0 aromatic carbocycles. The molecule has 18 heavy (non-hydrogen) atoms. The summed E-state index contributed by atoms with van der Waals surface area (Å²) < 4.78 is 2.07. The van der Waals surface area contributed by atoms with Crippen molar-refractivity contribution in [3.8, 4) is 0 Å². The van der Waals surface area contributed by atoms with Crippen LogP contribution in [-0.4, -0.2) is 32.1 Å². The molecule has 2 heterocycles. The van der Waals surface area contributed by atoms with Gasteiger partial charge in [0.1, 0.15) is 0 Å². The first-order valence-corrected chi connectivity index (χ1v) is 7.54. The second-order valence-electron chi connectivity index (χ2n) is 5.18. The van der Waals surface area contributed by atoms with Gasteiger partial charge in [-0.2, -0.15) is 0 Å². The first kappa shape index (κ1) is 13.5. The Hall–Kier alpha value is -0.970. The van der Waals surface area contributed by atoms with Crippen molar-refractivity contribution in [2.24, 2.45) is 4.99 Å². The largest absolute Gasteiger partial charge is 0.360 e. The number of thioether (sulfide) groups is 1. The molecule has 0 aliphatic carbocycles. The lowest BCUT2D eigenvalue weighted by atomic mass is 9.96. The number of amidine groups is 1. The van der Waals surface area contributed by atoms with E-state index in [1.807, 2.05) is 30.5 Å². The Labute approximate surface area is 113 Å². The lowest BCUT2D eigenvalue weighted by Gasteiger charge is -2.35. The predicted molar refractivity (Wildman–Crippen MR) is 78.0 cm³/mol. The van der Waals surface area contributed by atoms with Gasteiger partial charge in [0.15, 0.2) is 5.17 Å². The molecule has 2 unspecified atom stereocenters. The lowest BCUT2D eigenvalue weighted by molar-refractivity contribution is 0.389. The van der Waals surface area contributed by atoms with Crippen LogP contribution in [0.5, 0.6) is 0 Å². The van der Waals surface area contributed by atoms with Crippen LogP contribution in [0.4, 0.5) is 0 Å². The van der Waals surface area contributed by atoms with Crippen molar-refractivity contribution < 1.29 is 0 Å². The van der Waals surface area contributed by atoms with Gasteiger partial charge in [0.05, 0.1) is 12.4 Å². The van der Waals surface area contributed by atoms with Gasteiger partial charge in [0, 0.05) is 30.2 Å². The molecule has 0 spiro atoms. The molecule has 1 N–H and O–H groups in total. The van der Waals surface area contributed by atoms with Crippen molar-refractivity contribution in [3.63, 3.8) is 0 Å². The van der Waals surface area contributed by atoms with Crippen LogP contribution in [-0.2, 0) is 6.54 Å². The molecular formula is C13H22N4S. The third-order valence-corrected chi connectivity index (χ3v) is 4.34. The van der Waals surface area contributed by atoms with E-state index < -0.39 is 0 Å². The Morgan fingerprint density at radius 3 is 3.17 bits per heavy atom. The number of aliphatic imine (C=N–C) groups is 1. The van der Waals surface area contributed by atoms with Crippen LogP contribution in [0.3, 0.4) is 0 Å². The van der Waals surface area contributed by atoms with Crippen LogP contribution >= 0.6 is 11.8 Å². The highest BCUT2D eigenvalue weighted by molar-refractivity contribution is 8.13. The van der Waals surface area contributed by atoms with Gasteiger partial charge in [0.25, 0.3) is 0 Å². The van der Waals surface area contributed by atoms with E-state index in [-0.39, 0.29) is 11.6 Å². The van der Waals surface area contributed by atoms with Gasteiger partial charge in [-0.05, 0) is 26.7 Å². The van der Waals surface area contributed by atoms with Gasteiger partial charge < -0.3 is 9.88 Å². The fourth-order valence-electron chi connectivity index (χ4n) is 2.01. The number of rotatable bonds is 4. The Morgan fingerprint density at radius 1 is 1.67 bits per heavy atom. The quantitative estimate of drug-likeness (QED) is 0.910. The van der Waals surface area contributed by atoms with Crippen molar-refractivity contribution in [1.29, 1.82) is 0 Å². The average Bonchev–Trinajstić information content (AvgIpc) is 2.81. The molecule has 1 aromatic rings. The average molecular weight is 266 g/mol. The van der Waals surface area contributed by atoms with E-state index in [9.17, 15) is 0 Å². The monoisotopic (exact) mass is 266 g/mol. The molecule has 0 radical (unpaired) electrons. The van der Waals surface area contributed by atoms with Gasteiger partial charge in [-0.1, -0.05) is 18.7 Å². The molecule has 0 bridgehead atoms. The van der Waals surface area contributed by atoms with Crippen LogP contribution in [0, 0.1) is 0 Å². The second kappa shape index (κ2) is 5.78. The zero-order valence-corrected chi connectivity index (χ0v) is 12.2. The zero-order valence-electron chi connectivity index (χ0n) is 11.4. The summed E-state index contributed by atoms with van der Waals surface area (Å²) in [6.07, 6.45) is 7.98. The molecule has 1 aliphatic rings. The minimum absolute atomic E-state index is 0.221. The van der Waals surface area contributed by atoms with Crippen LogP contribution < -0.4 is 5.32 Å². The Balaban J connectivity index is 1.95. The number of imidazole rings is 1. The molecule has 1 fully saturated rings. The van der Waals surface area contributed by atoms with E-state index in [0.717, 1.165) is 23.9 Å². The maximum Gasteiger partial charge on any atom is 0.157 e. The highest BCUT2D eigenvalue weighted by Crippen LogP contribution is 2.25. The van der Waals surface area contributed by atoms with Crippen molar-refractivity contribution in [2.75, 3.05) is 5.75 Å². The van der Waals surface area contributed by atoms with E-state index in [0.29, 0.717) is 0 Å². The molecule has 0 saturated carbocycles. The SMILES string of the molecule is CCC1(C)CCSC(=NC(C)Cn2ccnc2)N1. The van der Waals surface area contributed by atoms with E-state index in [4.69, 9.17) is 4.99 Å². The summed E-state index contributed by atoms with van der Waals surface area (Å²) in [5.41, 5.74) is 0.221. The number of aromatic nitrogens is 2. The third kappa shape index (κ3) is 3.51. The van der Waals surface area contributed by atoms with Gasteiger partial charge in [0.2, 0.25) is 0 Å². The van der Waals surface area contributed by atoms with Crippen LogP contribution in [0.15, 0.2) is 23.7 Å². The molecule has 2 atom stereocenters. The summed E-state index contributed by atoms with van der Waals surface area (Å²) in [7, 11) is 0. The summed E-state index contributed by atoms with van der Waals surface area (Å²) in [5.74, 6) is 1.16. The molecule has 2 rings (SSSR count). The summed E-state index contributed by atoms with van der Waals surface area (Å²) >= 11 is 1.84. The maximum atomic E-state index is 4.77. The predicted octanol–water partition coefficient (Wildman–Crippen LogP) is 2.52. The van der Waals surface area contributed by atoms with Crippen molar-refractivity contribution in [2.45, 2.75) is 51.7 Å². The Morgan fingerprint density at radius 2 is 2.50 bits per heavy atom. The van der Waals surface area contributed by atoms with Gasteiger partial charge in [-0.25, -0.2) is 4.98 Å². The van der Waals surface area contributed by atoms with Gasteiger partial charge >= 0.3 is 0 Å². The van der Waals surface area contributed by atoms with Crippen LogP contribution in [0.1, 0.15) is 33.6 Å². The van der Waals surface area contributed by atoms with Crippen molar-refractivity contribution in [1.82, 2.24) is 14.9 Å². The molecule has 1 aromatic heterocycles. The fraction of sp³-hybridized carbons (Fsp3) is 0.692. The molecule has 5 heteroatoms. The summed E-state index contributed by atoms with van der Waals surface area (Å²) in [4.78, 5) is 8.83. The summed E-state index contributed by atoms with van der Waals surface area (Å²) in [6, 6.07) is 0.272. The Kier molecular flexibility index (Phi) is 4.32. The van der Waals surface area contributed by atoms with Crippen LogP contribution in [0.2, 0.25) is 0 Å². The van der Waals surface area contributed by atoms with Crippen molar-refractivity contribution in [3.05, 3.63) is 18.7 Å². The normalized spacial score (nSPS) is 28.1. The summed E-state index contributed by atoms with van der Waals surface area (Å²) in [6.45, 7) is 7.54. The standard InChI is InChI=1S/C13H22N4S/c1-4-13(3)5-8-18-12(16-13)15-11(2)9-17-7-6-14-10-17/h6-7,10-11H,4-5,8-9H2,1-3H3,(H,15,16). The number of hydrogen-bond acceptors (Lipinski definition) is 3. The first-order chi connectivity index (χ1) is 8.61. The number of nitrogens with zero attached hydrogens (tertiary/aromatic N) is 3. The highest BCUT2D eigenvalue weighted by atomic mass is 32.2. The van der Waals surface area contributed by atoms with Crippen molar-refractivity contribution >= 4 is 16.9 Å². The molecule has 100 valence electrons. The zero-order chi connectivity index (χ0) is 13.0. The smallest absolute Gasteiger partial charge is 0.157 e. The lowest BCUT2D eigenvalue weighted by Crippen LogP contribution is -2.48. The van der Waals surface area contributed by atoms with E-state index in [1.54, 1.807) is 0 Å². The van der Waals surface area contributed by atoms with E-state index >= 15 is 0 Å². The second-order valence-corrected chi connectivity index (χ2v) is 6.26. The number of nitrogens with one attached hydrogen (secondary N) is 1. The van der Waals surface area contributed by atoms with E-state index in [2.05, 4.69) is 35.6 Å². The minimum atomic E-state index is 0.221. The maximum absolute atomic E-state index is 4.77. The van der Waals surface area contributed by atoms with Crippen LogP contribution in [0.25, 0.3) is 0 Å². The highest BCUT2D eigenvalue weighted by Gasteiger charge is 2.27. The molecule has 1 aliphatic heterocycles. The van der Waals surface area contributed by atoms with Gasteiger partial charge in [-0.3, -0.25) is 4.99 Å². The summed E-state index contributed by atoms with van der Waals surface area (Å²) in [5, 5.41) is 4.67. The molecular weight excluding hydrogens is 244 g/mol. The minimum Gasteiger partial charge on any atom is -0.360 e. The Bertz CT molecular complexity index is 401. The number of hydrogen-bond donors (Lipinski definition) is 1. The van der Waals surface area contributed by atoms with E-state index in [1.165, 1.54) is 6.42 Å².